The van der Waals surface area contributed by atoms with Gasteiger partial charge in [-0.15, -0.1) is 0 Å². The maximum Gasteiger partial charge on any atom is 0.326 e. The standard InChI is InChI=1S/C15H13ClN2O3/c16-11-6-7-12(17-9-11)14(19)18-13(15(20)21)8-10-4-2-1-3-5-10/h1-7,9,13H,8H2,(H,18,19)(H,20,21)/t13-/m0/s1. The molecule has 1 aromatic carbocycles. The Morgan fingerprint density at radius 3 is 2.48 bits per heavy atom. The number of pyridine rings is 1. The summed E-state index contributed by atoms with van der Waals surface area (Å²) in [5.74, 6) is -1.64. The number of rotatable bonds is 5. The number of hydrogen-bond acceptors (Lipinski definition) is 3. The molecule has 0 aliphatic carbocycles. The first-order valence-electron chi connectivity index (χ1n) is 6.25. The fourth-order valence-corrected chi connectivity index (χ4v) is 1.90. The second-order valence-electron chi connectivity index (χ2n) is 4.42. The van der Waals surface area contributed by atoms with Gasteiger partial charge in [0.2, 0.25) is 0 Å². The fourth-order valence-electron chi connectivity index (χ4n) is 1.79. The molecule has 1 aromatic heterocycles. The van der Waals surface area contributed by atoms with Gasteiger partial charge in [-0.25, -0.2) is 9.78 Å². The number of carbonyl (C=O) groups is 2. The van der Waals surface area contributed by atoms with Gasteiger partial charge in [-0.2, -0.15) is 0 Å². The van der Waals surface area contributed by atoms with Crippen LogP contribution in [-0.4, -0.2) is 28.0 Å². The van der Waals surface area contributed by atoms with Crippen LogP contribution in [0.4, 0.5) is 0 Å². The van der Waals surface area contributed by atoms with Crippen molar-refractivity contribution < 1.29 is 14.7 Å². The number of carboxylic acid groups (broad SMARTS) is 1. The van der Waals surface area contributed by atoms with Crippen LogP contribution in [0.3, 0.4) is 0 Å². The maximum absolute atomic E-state index is 12.0. The van der Waals surface area contributed by atoms with Crippen LogP contribution < -0.4 is 5.32 Å². The van der Waals surface area contributed by atoms with Gasteiger partial charge >= 0.3 is 5.97 Å². The highest BCUT2D eigenvalue weighted by Gasteiger charge is 2.21. The molecule has 0 aliphatic heterocycles. The number of nitrogens with one attached hydrogen (secondary N) is 1. The second-order valence-corrected chi connectivity index (χ2v) is 4.85. The van der Waals surface area contributed by atoms with Crippen LogP contribution in [0.1, 0.15) is 16.1 Å². The molecule has 0 bridgehead atoms. The summed E-state index contributed by atoms with van der Waals surface area (Å²) in [7, 11) is 0. The lowest BCUT2D eigenvalue weighted by atomic mass is 10.1. The number of hydrogen-bond donors (Lipinski definition) is 2. The van der Waals surface area contributed by atoms with Crippen LogP contribution in [0.25, 0.3) is 0 Å². The lowest BCUT2D eigenvalue weighted by Crippen LogP contribution is -2.42. The summed E-state index contributed by atoms with van der Waals surface area (Å²) in [6.45, 7) is 0. The van der Waals surface area contributed by atoms with E-state index in [1.54, 1.807) is 0 Å². The monoisotopic (exact) mass is 304 g/mol. The summed E-state index contributed by atoms with van der Waals surface area (Å²) in [6.07, 6.45) is 1.54. The van der Waals surface area contributed by atoms with Gasteiger partial charge in [-0.3, -0.25) is 4.79 Å². The minimum Gasteiger partial charge on any atom is -0.480 e. The van der Waals surface area contributed by atoms with Crippen LogP contribution in [0.2, 0.25) is 5.02 Å². The summed E-state index contributed by atoms with van der Waals surface area (Å²) in [6, 6.07) is 11.0. The quantitative estimate of drug-likeness (QED) is 0.887. The molecule has 0 unspecified atom stereocenters. The Bertz CT molecular complexity index is 629. The molecule has 5 nitrogen and oxygen atoms in total. The fraction of sp³-hybridized carbons (Fsp3) is 0.133. The van der Waals surface area contributed by atoms with Crippen molar-refractivity contribution in [1.29, 1.82) is 0 Å². The van der Waals surface area contributed by atoms with E-state index in [1.165, 1.54) is 18.3 Å². The van der Waals surface area contributed by atoms with Crippen LogP contribution in [0, 0.1) is 0 Å². The molecule has 0 radical (unpaired) electrons. The Morgan fingerprint density at radius 1 is 1.19 bits per heavy atom. The summed E-state index contributed by atoms with van der Waals surface area (Å²) >= 11 is 5.69. The Kier molecular flexibility index (Phi) is 4.90. The Hall–Kier alpha value is -2.40. The highest BCUT2D eigenvalue weighted by Crippen LogP contribution is 2.07. The molecule has 108 valence electrons. The molecular weight excluding hydrogens is 292 g/mol. The predicted octanol–water partition coefficient (Wildman–Crippen LogP) is 2.16. The van der Waals surface area contributed by atoms with E-state index in [2.05, 4.69) is 10.3 Å². The van der Waals surface area contributed by atoms with Gasteiger partial charge in [0.05, 0.1) is 5.02 Å². The van der Waals surface area contributed by atoms with Crippen LogP contribution in [0.5, 0.6) is 0 Å². The van der Waals surface area contributed by atoms with Gasteiger partial charge < -0.3 is 10.4 Å². The van der Waals surface area contributed by atoms with Crippen molar-refractivity contribution in [2.75, 3.05) is 0 Å². The van der Waals surface area contributed by atoms with Crippen molar-refractivity contribution in [2.24, 2.45) is 0 Å². The van der Waals surface area contributed by atoms with E-state index in [0.717, 1.165) is 5.56 Å². The lowest BCUT2D eigenvalue weighted by Gasteiger charge is -2.14. The van der Waals surface area contributed by atoms with Crippen molar-refractivity contribution in [3.8, 4) is 0 Å². The van der Waals surface area contributed by atoms with Crippen molar-refractivity contribution in [3.63, 3.8) is 0 Å². The third-order valence-electron chi connectivity index (χ3n) is 2.85. The zero-order valence-electron chi connectivity index (χ0n) is 11.0. The van der Waals surface area contributed by atoms with Gasteiger partial charge in [0.15, 0.2) is 0 Å². The summed E-state index contributed by atoms with van der Waals surface area (Å²) in [5.41, 5.74) is 0.952. The lowest BCUT2D eigenvalue weighted by molar-refractivity contribution is -0.139. The van der Waals surface area contributed by atoms with Crippen molar-refractivity contribution in [3.05, 3.63) is 64.9 Å². The van der Waals surface area contributed by atoms with Gasteiger partial charge in [0, 0.05) is 12.6 Å². The Labute approximate surface area is 126 Å². The van der Waals surface area contributed by atoms with Crippen LogP contribution >= 0.6 is 11.6 Å². The minimum absolute atomic E-state index is 0.124. The molecule has 6 heteroatoms. The number of aliphatic carboxylic acids is 1. The molecule has 2 rings (SSSR count). The van der Waals surface area contributed by atoms with Crippen molar-refractivity contribution in [2.45, 2.75) is 12.5 Å². The average Bonchev–Trinajstić information content (AvgIpc) is 2.48. The largest absolute Gasteiger partial charge is 0.480 e. The van der Waals surface area contributed by atoms with Crippen LogP contribution in [0.15, 0.2) is 48.7 Å². The van der Waals surface area contributed by atoms with Crippen LogP contribution in [-0.2, 0) is 11.2 Å². The highest BCUT2D eigenvalue weighted by atomic mass is 35.5. The first-order valence-corrected chi connectivity index (χ1v) is 6.63. The normalized spacial score (nSPS) is 11.7. The zero-order valence-corrected chi connectivity index (χ0v) is 11.7. The number of halogens is 1. The first kappa shape index (κ1) is 15.0. The molecule has 1 heterocycles. The third kappa shape index (κ3) is 4.29. The van der Waals surface area contributed by atoms with E-state index >= 15 is 0 Å². The van der Waals surface area contributed by atoms with E-state index in [0.29, 0.717) is 5.02 Å². The smallest absolute Gasteiger partial charge is 0.326 e. The Morgan fingerprint density at radius 2 is 1.90 bits per heavy atom. The van der Waals surface area contributed by atoms with E-state index in [4.69, 9.17) is 11.6 Å². The second kappa shape index (κ2) is 6.85. The van der Waals surface area contributed by atoms with E-state index in [1.807, 2.05) is 30.3 Å². The number of aromatic nitrogens is 1. The van der Waals surface area contributed by atoms with E-state index in [-0.39, 0.29) is 12.1 Å². The maximum atomic E-state index is 12.0. The molecule has 0 saturated heterocycles. The van der Waals surface area contributed by atoms with Crippen molar-refractivity contribution in [1.82, 2.24) is 10.3 Å². The van der Waals surface area contributed by atoms with Crippen molar-refractivity contribution >= 4 is 23.5 Å². The zero-order chi connectivity index (χ0) is 15.2. The third-order valence-corrected chi connectivity index (χ3v) is 3.07. The molecule has 0 aliphatic rings. The molecular formula is C15H13ClN2O3. The van der Waals surface area contributed by atoms with Gasteiger partial charge in [-0.1, -0.05) is 41.9 Å². The molecule has 0 spiro atoms. The van der Waals surface area contributed by atoms with E-state index < -0.39 is 17.9 Å². The topological polar surface area (TPSA) is 79.3 Å². The molecule has 0 fully saturated rings. The molecule has 1 amide bonds. The number of amides is 1. The SMILES string of the molecule is O=C(N[C@@H](Cc1ccccc1)C(=O)O)c1ccc(Cl)cn1. The summed E-state index contributed by atoms with van der Waals surface area (Å²) < 4.78 is 0. The predicted molar refractivity (Wildman–Crippen MR) is 78.3 cm³/mol. The Balaban J connectivity index is 2.07. The number of carboxylic acids is 1. The molecule has 1 atom stereocenters. The van der Waals surface area contributed by atoms with Gasteiger partial charge in [0.25, 0.3) is 5.91 Å². The highest BCUT2D eigenvalue weighted by molar-refractivity contribution is 6.30. The number of nitrogens with zero attached hydrogens (tertiary/aromatic N) is 1. The summed E-state index contributed by atoms with van der Waals surface area (Å²) in [5, 5.41) is 12.1. The molecule has 2 N–H and O–H groups in total. The van der Waals surface area contributed by atoms with Gasteiger partial charge in [-0.05, 0) is 17.7 Å². The summed E-state index contributed by atoms with van der Waals surface area (Å²) in [4.78, 5) is 27.1. The molecule has 0 saturated carbocycles. The molecule has 2 aromatic rings. The number of benzene rings is 1. The first-order chi connectivity index (χ1) is 10.1. The minimum atomic E-state index is -1.10. The van der Waals surface area contributed by atoms with Gasteiger partial charge in [0.1, 0.15) is 11.7 Å². The molecule has 21 heavy (non-hydrogen) atoms. The average molecular weight is 305 g/mol. The number of carbonyl (C=O) groups excluding carboxylic acids is 1. The van der Waals surface area contributed by atoms with E-state index in [9.17, 15) is 14.7 Å².